The van der Waals surface area contributed by atoms with Crippen LogP contribution in [0.2, 0.25) is 0 Å². The number of hydrogen-bond donors (Lipinski definition) is 2. The van der Waals surface area contributed by atoms with Crippen LogP contribution < -0.4 is 9.46 Å². The summed E-state index contributed by atoms with van der Waals surface area (Å²) in [6, 6.07) is 0.129. The van der Waals surface area contributed by atoms with Crippen molar-refractivity contribution in [2.45, 2.75) is 20.8 Å². The van der Waals surface area contributed by atoms with E-state index in [2.05, 4.69) is 19.9 Å². The number of sulfonamides is 1. The molecule has 2 N–H and O–H groups in total. The second-order valence-electron chi connectivity index (χ2n) is 3.68. The number of rotatable bonds is 6. The fraction of sp³-hybridized carbons (Fsp3) is 0.750. The topological polar surface area (TPSA) is 97.0 Å². The quantitative estimate of drug-likeness (QED) is 0.768. The number of aromatic amines is 1. The van der Waals surface area contributed by atoms with Crippen molar-refractivity contribution in [3.05, 3.63) is 0 Å². The summed E-state index contributed by atoms with van der Waals surface area (Å²) in [5.41, 5.74) is 0. The second-order valence-corrected chi connectivity index (χ2v) is 5.44. The summed E-state index contributed by atoms with van der Waals surface area (Å²) in [6.07, 6.45) is 0. The number of anilines is 1. The molecule has 0 aliphatic heterocycles. The van der Waals surface area contributed by atoms with E-state index in [0.717, 1.165) is 0 Å². The lowest BCUT2D eigenvalue weighted by atomic mass is 10.3. The number of ether oxygens (including phenoxy) is 1. The van der Waals surface area contributed by atoms with Gasteiger partial charge in [-0.3, -0.25) is 4.72 Å². The summed E-state index contributed by atoms with van der Waals surface area (Å²) >= 11 is 0. The van der Waals surface area contributed by atoms with Crippen molar-refractivity contribution in [2.75, 3.05) is 17.1 Å². The Bertz CT molecular complexity index is 426. The van der Waals surface area contributed by atoms with E-state index in [1.54, 1.807) is 6.92 Å². The first kappa shape index (κ1) is 12.8. The molecule has 92 valence electrons. The highest BCUT2D eigenvalue weighted by Gasteiger charge is 2.15. The molecule has 0 aromatic carbocycles. The van der Waals surface area contributed by atoms with Crippen molar-refractivity contribution in [2.24, 2.45) is 5.92 Å². The fourth-order valence-corrected chi connectivity index (χ4v) is 2.46. The molecule has 0 aliphatic carbocycles. The number of nitrogens with zero attached hydrogens (tertiary/aromatic N) is 2. The molecule has 0 radical (unpaired) electrons. The third-order valence-corrected chi connectivity index (χ3v) is 3.15. The van der Waals surface area contributed by atoms with E-state index in [1.807, 2.05) is 13.8 Å². The van der Waals surface area contributed by atoms with Crippen molar-refractivity contribution in [3.8, 4) is 6.01 Å². The summed E-state index contributed by atoms with van der Waals surface area (Å²) in [5.74, 6) is 0.161. The van der Waals surface area contributed by atoms with E-state index in [0.29, 0.717) is 6.61 Å². The van der Waals surface area contributed by atoms with Crippen LogP contribution in [0.1, 0.15) is 20.8 Å². The average Bonchev–Trinajstić information content (AvgIpc) is 2.49. The Morgan fingerprint density at radius 3 is 2.75 bits per heavy atom. The van der Waals surface area contributed by atoms with Gasteiger partial charge in [0, 0.05) is 0 Å². The van der Waals surface area contributed by atoms with E-state index < -0.39 is 10.0 Å². The molecule has 16 heavy (non-hydrogen) atoms. The van der Waals surface area contributed by atoms with Crippen molar-refractivity contribution < 1.29 is 13.2 Å². The van der Waals surface area contributed by atoms with E-state index >= 15 is 0 Å². The first-order valence-corrected chi connectivity index (χ1v) is 6.64. The molecule has 8 heteroatoms. The monoisotopic (exact) mass is 248 g/mol. The standard InChI is InChI=1S/C8H16N4O3S/c1-4-15-8-9-7(10-11-8)12-16(13,14)5-6(2)3/h6H,4-5H2,1-3H3,(H2,9,10,11,12). The molecule has 0 saturated heterocycles. The summed E-state index contributed by atoms with van der Waals surface area (Å²) in [7, 11) is -3.37. The number of aromatic nitrogens is 3. The highest BCUT2D eigenvalue weighted by molar-refractivity contribution is 7.92. The van der Waals surface area contributed by atoms with Gasteiger partial charge in [-0.15, -0.1) is 5.10 Å². The van der Waals surface area contributed by atoms with Gasteiger partial charge < -0.3 is 4.74 Å². The minimum absolute atomic E-state index is 0.0394. The molecule has 1 rings (SSSR count). The van der Waals surface area contributed by atoms with Gasteiger partial charge in [0.05, 0.1) is 12.4 Å². The van der Waals surface area contributed by atoms with E-state index in [-0.39, 0.29) is 23.6 Å². The van der Waals surface area contributed by atoms with Crippen molar-refractivity contribution >= 4 is 16.0 Å². The molecular weight excluding hydrogens is 232 g/mol. The largest absolute Gasteiger partial charge is 0.463 e. The van der Waals surface area contributed by atoms with Gasteiger partial charge in [0.2, 0.25) is 16.0 Å². The fourth-order valence-electron chi connectivity index (χ4n) is 1.11. The van der Waals surface area contributed by atoms with E-state index in [9.17, 15) is 8.42 Å². The zero-order chi connectivity index (χ0) is 12.2. The first-order valence-electron chi connectivity index (χ1n) is 4.98. The number of hydrogen-bond acceptors (Lipinski definition) is 5. The van der Waals surface area contributed by atoms with Crippen LogP contribution in [0.5, 0.6) is 6.01 Å². The molecule has 0 aliphatic rings. The summed E-state index contributed by atoms with van der Waals surface area (Å²) < 4.78 is 30.4. The lowest BCUT2D eigenvalue weighted by molar-refractivity contribution is 0.314. The smallest absolute Gasteiger partial charge is 0.337 e. The van der Waals surface area contributed by atoms with E-state index in [4.69, 9.17) is 4.74 Å². The predicted octanol–water partition coefficient (Wildman–Crippen LogP) is 0.601. The zero-order valence-electron chi connectivity index (χ0n) is 9.52. The molecule has 1 aromatic rings. The van der Waals surface area contributed by atoms with Crippen LogP contribution in [0.25, 0.3) is 0 Å². The molecule has 0 bridgehead atoms. The third kappa shape index (κ3) is 4.05. The van der Waals surface area contributed by atoms with Crippen molar-refractivity contribution in [1.82, 2.24) is 15.2 Å². The Kier molecular flexibility index (Phi) is 4.11. The lowest BCUT2D eigenvalue weighted by Crippen LogP contribution is -2.20. The molecule has 0 fully saturated rings. The van der Waals surface area contributed by atoms with Crippen LogP contribution in [0, 0.1) is 5.92 Å². The second kappa shape index (κ2) is 5.15. The van der Waals surface area contributed by atoms with Crippen LogP contribution in [-0.2, 0) is 10.0 Å². The van der Waals surface area contributed by atoms with Crippen LogP contribution in [-0.4, -0.2) is 36.0 Å². The predicted molar refractivity (Wildman–Crippen MR) is 59.8 cm³/mol. The summed E-state index contributed by atoms with van der Waals surface area (Å²) in [6.45, 7) is 5.87. The minimum atomic E-state index is -3.37. The lowest BCUT2D eigenvalue weighted by Gasteiger charge is -2.06. The maximum absolute atomic E-state index is 11.5. The molecule has 0 saturated carbocycles. The Hall–Kier alpha value is -1.31. The molecule has 7 nitrogen and oxygen atoms in total. The molecule has 1 heterocycles. The molecule has 0 amide bonds. The maximum atomic E-state index is 11.5. The summed E-state index contributed by atoms with van der Waals surface area (Å²) in [4.78, 5) is 3.81. The van der Waals surface area contributed by atoms with Crippen LogP contribution >= 0.6 is 0 Å². The Morgan fingerprint density at radius 1 is 1.50 bits per heavy atom. The average molecular weight is 248 g/mol. The summed E-state index contributed by atoms with van der Waals surface area (Å²) in [5, 5.41) is 6.13. The van der Waals surface area contributed by atoms with Crippen LogP contribution in [0.4, 0.5) is 5.95 Å². The highest BCUT2D eigenvalue weighted by Crippen LogP contribution is 2.09. The van der Waals surface area contributed by atoms with Gasteiger partial charge in [-0.25, -0.2) is 13.5 Å². The molecule has 0 atom stereocenters. The Morgan fingerprint density at radius 2 is 2.19 bits per heavy atom. The van der Waals surface area contributed by atoms with Gasteiger partial charge >= 0.3 is 6.01 Å². The van der Waals surface area contributed by atoms with Gasteiger partial charge in [-0.05, 0) is 12.8 Å². The molecule has 1 aromatic heterocycles. The van der Waals surface area contributed by atoms with Gasteiger partial charge in [-0.1, -0.05) is 13.8 Å². The highest BCUT2D eigenvalue weighted by atomic mass is 32.2. The van der Waals surface area contributed by atoms with E-state index in [1.165, 1.54) is 0 Å². The number of nitrogens with one attached hydrogen (secondary N) is 2. The SMILES string of the molecule is CCOc1n[nH]c(NS(=O)(=O)CC(C)C)n1. The zero-order valence-corrected chi connectivity index (χ0v) is 10.3. The van der Waals surface area contributed by atoms with Gasteiger partial charge in [0.15, 0.2) is 0 Å². The molecular formula is C8H16N4O3S. The maximum Gasteiger partial charge on any atom is 0.337 e. The van der Waals surface area contributed by atoms with Gasteiger partial charge in [0.25, 0.3) is 0 Å². The van der Waals surface area contributed by atoms with Crippen LogP contribution in [0.15, 0.2) is 0 Å². The van der Waals surface area contributed by atoms with Crippen molar-refractivity contribution in [1.29, 1.82) is 0 Å². The number of H-pyrrole nitrogens is 1. The van der Waals surface area contributed by atoms with Crippen LogP contribution in [0.3, 0.4) is 0 Å². The molecule has 0 spiro atoms. The molecule has 0 unspecified atom stereocenters. The third-order valence-electron chi connectivity index (χ3n) is 1.54. The first-order chi connectivity index (χ1) is 7.43. The minimum Gasteiger partial charge on any atom is -0.463 e. The Labute approximate surface area is 94.7 Å². The van der Waals surface area contributed by atoms with Gasteiger partial charge in [-0.2, -0.15) is 4.98 Å². The van der Waals surface area contributed by atoms with Gasteiger partial charge in [0.1, 0.15) is 0 Å². The normalized spacial score (nSPS) is 11.8. The Balaban J connectivity index is 2.65. The van der Waals surface area contributed by atoms with Crippen molar-refractivity contribution in [3.63, 3.8) is 0 Å².